The van der Waals surface area contributed by atoms with Gasteiger partial charge in [-0.15, -0.1) is 0 Å². The monoisotopic (exact) mass is 293 g/mol. The van der Waals surface area contributed by atoms with Gasteiger partial charge in [0.1, 0.15) is 6.10 Å². The van der Waals surface area contributed by atoms with Crippen LogP contribution in [0.5, 0.6) is 0 Å². The third-order valence-corrected chi connectivity index (χ3v) is 4.65. The molecule has 116 valence electrons. The third-order valence-electron chi connectivity index (χ3n) is 4.65. The maximum Gasteiger partial charge on any atom is 0.359 e. The van der Waals surface area contributed by atoms with Crippen molar-refractivity contribution >= 4 is 11.7 Å². The summed E-state index contributed by atoms with van der Waals surface area (Å²) in [6.45, 7) is 5.00. The highest BCUT2D eigenvalue weighted by atomic mass is 16.6. The average Bonchev–Trinajstić information content (AvgIpc) is 2.73. The Balaban J connectivity index is 1.71. The second-order valence-electron chi connectivity index (χ2n) is 6.07. The zero-order chi connectivity index (χ0) is 15.0. The number of ether oxygens (including phenoxy) is 2. The van der Waals surface area contributed by atoms with E-state index < -0.39 is 0 Å². The van der Waals surface area contributed by atoms with E-state index in [9.17, 15) is 4.79 Å². The molecule has 0 amide bonds. The number of carbonyl (C=O) groups excluding carboxylic acids is 1. The zero-order valence-electron chi connectivity index (χ0n) is 12.7. The van der Waals surface area contributed by atoms with Crippen molar-refractivity contribution < 1.29 is 14.3 Å². The molecule has 0 aromatic carbocycles. The number of esters is 1. The Labute approximate surface area is 124 Å². The second kappa shape index (κ2) is 5.33. The fourth-order valence-electron chi connectivity index (χ4n) is 3.25. The molecular weight excluding hydrogens is 270 g/mol. The number of carbonyl (C=O) groups is 1. The number of aromatic nitrogens is 2. The minimum Gasteiger partial charge on any atom is -0.457 e. The van der Waals surface area contributed by atoms with Crippen LogP contribution in [0.1, 0.15) is 55.2 Å². The van der Waals surface area contributed by atoms with E-state index in [-0.39, 0.29) is 17.7 Å². The number of anilines is 1. The van der Waals surface area contributed by atoms with Crippen LogP contribution in [0, 0.1) is 6.92 Å². The molecule has 1 aliphatic carbocycles. The summed E-state index contributed by atoms with van der Waals surface area (Å²) < 4.78 is 13.2. The number of nitrogen functional groups attached to an aromatic ring is 1. The van der Waals surface area contributed by atoms with Gasteiger partial charge in [0.15, 0.2) is 5.69 Å². The normalized spacial score (nSPS) is 23.8. The molecule has 1 atom stereocenters. The number of nitrogens with zero attached hydrogens (tertiary/aromatic N) is 2. The highest BCUT2D eigenvalue weighted by Crippen LogP contribution is 2.43. The summed E-state index contributed by atoms with van der Waals surface area (Å²) in [6, 6.07) is 0. The molecule has 1 aromatic heterocycles. The zero-order valence-corrected chi connectivity index (χ0v) is 12.7. The number of nitrogens with two attached hydrogens (primary N) is 1. The van der Waals surface area contributed by atoms with Crippen LogP contribution in [0.4, 0.5) is 5.69 Å². The SMILES string of the molecule is CCn1nc(C)c(N)c1C(=O)OC1CCOC2(CCC2)C1. The first kappa shape index (κ1) is 14.4. The summed E-state index contributed by atoms with van der Waals surface area (Å²) in [5.41, 5.74) is 7.41. The van der Waals surface area contributed by atoms with Gasteiger partial charge in [0.2, 0.25) is 0 Å². The van der Waals surface area contributed by atoms with E-state index in [1.807, 2.05) is 6.92 Å². The Kier molecular flexibility index (Phi) is 3.65. The first-order chi connectivity index (χ1) is 10.0. The van der Waals surface area contributed by atoms with Crippen LogP contribution in [0.3, 0.4) is 0 Å². The highest BCUT2D eigenvalue weighted by molar-refractivity contribution is 5.93. The lowest BCUT2D eigenvalue weighted by atomic mass is 9.74. The van der Waals surface area contributed by atoms with Crippen molar-refractivity contribution in [3.05, 3.63) is 11.4 Å². The molecule has 2 N–H and O–H groups in total. The molecule has 2 fully saturated rings. The van der Waals surface area contributed by atoms with Gasteiger partial charge < -0.3 is 15.2 Å². The van der Waals surface area contributed by atoms with Gasteiger partial charge in [-0.1, -0.05) is 0 Å². The Morgan fingerprint density at radius 3 is 2.95 bits per heavy atom. The van der Waals surface area contributed by atoms with Crippen molar-refractivity contribution in [2.45, 2.75) is 64.2 Å². The largest absolute Gasteiger partial charge is 0.457 e. The fraction of sp³-hybridized carbons (Fsp3) is 0.733. The van der Waals surface area contributed by atoms with Crippen LogP contribution < -0.4 is 5.73 Å². The molecule has 2 aliphatic rings. The molecule has 6 heteroatoms. The second-order valence-corrected chi connectivity index (χ2v) is 6.07. The molecule has 2 heterocycles. The van der Waals surface area contributed by atoms with Gasteiger partial charge in [-0.2, -0.15) is 5.10 Å². The van der Waals surface area contributed by atoms with Crippen molar-refractivity contribution in [2.75, 3.05) is 12.3 Å². The first-order valence-electron chi connectivity index (χ1n) is 7.72. The Hall–Kier alpha value is -1.56. The van der Waals surface area contributed by atoms with Crippen molar-refractivity contribution in [3.8, 4) is 0 Å². The van der Waals surface area contributed by atoms with Gasteiger partial charge in [0.25, 0.3) is 0 Å². The minimum absolute atomic E-state index is 0.0321. The third kappa shape index (κ3) is 2.52. The number of aryl methyl sites for hydroxylation is 2. The van der Waals surface area contributed by atoms with Gasteiger partial charge in [0, 0.05) is 19.4 Å². The lowest BCUT2D eigenvalue weighted by Crippen LogP contribution is -2.48. The van der Waals surface area contributed by atoms with E-state index in [0.29, 0.717) is 30.2 Å². The van der Waals surface area contributed by atoms with E-state index in [1.165, 1.54) is 6.42 Å². The van der Waals surface area contributed by atoms with Crippen molar-refractivity contribution in [1.29, 1.82) is 0 Å². The van der Waals surface area contributed by atoms with Crippen LogP contribution >= 0.6 is 0 Å². The summed E-state index contributed by atoms with van der Waals surface area (Å²) in [6.07, 6.45) is 4.84. The van der Waals surface area contributed by atoms with Gasteiger partial charge >= 0.3 is 5.97 Å². The van der Waals surface area contributed by atoms with E-state index >= 15 is 0 Å². The van der Waals surface area contributed by atoms with E-state index in [1.54, 1.807) is 11.6 Å². The van der Waals surface area contributed by atoms with Crippen molar-refractivity contribution in [3.63, 3.8) is 0 Å². The maximum absolute atomic E-state index is 12.4. The van der Waals surface area contributed by atoms with E-state index in [0.717, 1.165) is 25.7 Å². The summed E-state index contributed by atoms with van der Waals surface area (Å²) in [5, 5.41) is 4.26. The molecule has 1 saturated heterocycles. The summed E-state index contributed by atoms with van der Waals surface area (Å²) in [5.74, 6) is -0.365. The van der Waals surface area contributed by atoms with Crippen LogP contribution in [0.2, 0.25) is 0 Å². The molecule has 0 bridgehead atoms. The van der Waals surface area contributed by atoms with Crippen LogP contribution in [-0.2, 0) is 16.0 Å². The van der Waals surface area contributed by atoms with E-state index in [2.05, 4.69) is 5.10 Å². The molecule has 21 heavy (non-hydrogen) atoms. The van der Waals surface area contributed by atoms with Crippen LogP contribution in [-0.4, -0.2) is 34.1 Å². The molecule has 0 radical (unpaired) electrons. The Bertz CT molecular complexity index is 549. The standard InChI is InChI=1S/C15H23N3O3/c1-3-18-13(12(16)10(2)17-18)14(19)21-11-5-8-20-15(9-11)6-4-7-15/h11H,3-9,16H2,1-2H3. The predicted molar refractivity (Wildman–Crippen MR) is 78.0 cm³/mol. The quantitative estimate of drug-likeness (QED) is 0.863. The van der Waals surface area contributed by atoms with Gasteiger partial charge in [-0.3, -0.25) is 4.68 Å². The first-order valence-corrected chi connectivity index (χ1v) is 7.72. The average molecular weight is 293 g/mol. The Morgan fingerprint density at radius 2 is 2.33 bits per heavy atom. The van der Waals surface area contributed by atoms with Crippen LogP contribution in [0.25, 0.3) is 0 Å². The topological polar surface area (TPSA) is 79.4 Å². The molecular formula is C15H23N3O3. The number of rotatable bonds is 3. The lowest BCUT2D eigenvalue weighted by Gasteiger charge is -2.46. The van der Waals surface area contributed by atoms with Gasteiger partial charge in [0.05, 0.1) is 23.6 Å². The summed E-state index contributed by atoms with van der Waals surface area (Å²) >= 11 is 0. The molecule has 1 saturated carbocycles. The van der Waals surface area contributed by atoms with Gasteiger partial charge in [-0.25, -0.2) is 4.79 Å². The molecule has 1 aliphatic heterocycles. The van der Waals surface area contributed by atoms with Crippen molar-refractivity contribution in [1.82, 2.24) is 9.78 Å². The van der Waals surface area contributed by atoms with Gasteiger partial charge in [-0.05, 0) is 33.1 Å². The molecule has 1 aromatic rings. The summed E-state index contributed by atoms with van der Waals surface area (Å²) in [7, 11) is 0. The molecule has 1 unspecified atom stereocenters. The van der Waals surface area contributed by atoms with Crippen molar-refractivity contribution in [2.24, 2.45) is 0 Å². The predicted octanol–water partition coefficient (Wildman–Crippen LogP) is 2.05. The smallest absolute Gasteiger partial charge is 0.359 e. The Morgan fingerprint density at radius 1 is 1.57 bits per heavy atom. The minimum atomic E-state index is -0.365. The maximum atomic E-state index is 12.4. The molecule has 6 nitrogen and oxygen atoms in total. The highest BCUT2D eigenvalue weighted by Gasteiger charge is 2.44. The molecule has 3 rings (SSSR count). The summed E-state index contributed by atoms with van der Waals surface area (Å²) in [4.78, 5) is 12.4. The number of hydrogen-bond acceptors (Lipinski definition) is 5. The van der Waals surface area contributed by atoms with E-state index in [4.69, 9.17) is 15.2 Å². The lowest BCUT2D eigenvalue weighted by molar-refractivity contribution is -0.159. The number of hydrogen-bond donors (Lipinski definition) is 1. The van der Waals surface area contributed by atoms with Crippen LogP contribution in [0.15, 0.2) is 0 Å². The molecule has 1 spiro atoms. The fourth-order valence-corrected chi connectivity index (χ4v) is 3.25.